The summed E-state index contributed by atoms with van der Waals surface area (Å²) in [7, 11) is 3.04. The molecule has 1 aromatic heterocycles. The van der Waals surface area contributed by atoms with Crippen molar-refractivity contribution in [2.75, 3.05) is 27.7 Å². The topological polar surface area (TPSA) is 83.4 Å². The van der Waals surface area contributed by atoms with Crippen LogP contribution in [0, 0.1) is 0 Å². The number of nitrogens with zero attached hydrogens (tertiary/aromatic N) is 2. The summed E-state index contributed by atoms with van der Waals surface area (Å²) in [4.78, 5) is 13.4. The van der Waals surface area contributed by atoms with E-state index < -0.39 is 10.0 Å². The zero-order valence-corrected chi connectivity index (χ0v) is 14.5. The van der Waals surface area contributed by atoms with Crippen LogP contribution in [-0.4, -0.2) is 57.5 Å². The predicted molar refractivity (Wildman–Crippen MR) is 84.4 cm³/mol. The van der Waals surface area contributed by atoms with Gasteiger partial charge < -0.3 is 14.8 Å². The van der Waals surface area contributed by atoms with E-state index in [0.29, 0.717) is 5.69 Å². The van der Waals surface area contributed by atoms with E-state index in [9.17, 15) is 13.2 Å². The Bertz CT molecular complexity index is 583. The van der Waals surface area contributed by atoms with Gasteiger partial charge >= 0.3 is 0 Å². The number of amides is 1. The molecular formula is C12H23ClN4O3S. The minimum absolute atomic E-state index is 0. The van der Waals surface area contributed by atoms with E-state index in [-0.39, 0.29) is 35.8 Å². The Balaban J connectivity index is 0.00000400. The minimum Gasteiger partial charge on any atom is -0.345 e. The first-order valence-electron chi connectivity index (χ1n) is 6.24. The molecule has 0 aliphatic heterocycles. The van der Waals surface area contributed by atoms with Gasteiger partial charge in [-0.25, -0.2) is 13.1 Å². The summed E-state index contributed by atoms with van der Waals surface area (Å²) in [5, 5.41) is 2.95. The molecule has 1 atom stereocenters. The number of hydrogen-bond donors (Lipinski definition) is 2. The summed E-state index contributed by atoms with van der Waals surface area (Å²) < 4.78 is 28.3. The molecule has 0 aliphatic carbocycles. The molecule has 1 heterocycles. The number of carbonyl (C=O) groups is 1. The Morgan fingerprint density at radius 2 is 2.00 bits per heavy atom. The molecule has 1 rings (SSSR count). The summed E-state index contributed by atoms with van der Waals surface area (Å²) in [6.45, 7) is 2.15. The number of nitrogens with one attached hydrogen (secondary N) is 2. The van der Waals surface area contributed by atoms with Crippen LogP contribution in [0.15, 0.2) is 17.2 Å². The maximum atomic E-state index is 12.1. The van der Waals surface area contributed by atoms with Crippen molar-refractivity contribution >= 4 is 28.3 Å². The average Bonchev–Trinajstić information content (AvgIpc) is 2.77. The van der Waals surface area contributed by atoms with Gasteiger partial charge in [0.25, 0.3) is 5.91 Å². The Morgan fingerprint density at radius 3 is 2.48 bits per heavy atom. The largest absolute Gasteiger partial charge is 0.345 e. The molecule has 1 amide bonds. The molecule has 1 unspecified atom stereocenters. The summed E-state index contributed by atoms with van der Waals surface area (Å²) in [5.41, 5.74) is 0.331. The first-order chi connectivity index (χ1) is 9.19. The van der Waals surface area contributed by atoms with Crippen LogP contribution in [0.3, 0.4) is 0 Å². The van der Waals surface area contributed by atoms with Crippen LogP contribution in [0.1, 0.15) is 17.4 Å². The number of likely N-dealkylation sites (N-methyl/N-ethyl adjacent to an activating group) is 1. The lowest BCUT2D eigenvalue weighted by Gasteiger charge is -2.11. The first-order valence-corrected chi connectivity index (χ1v) is 7.72. The molecule has 7 nitrogen and oxygen atoms in total. The lowest BCUT2D eigenvalue weighted by molar-refractivity contribution is 0.0818. The van der Waals surface area contributed by atoms with Gasteiger partial charge in [0.2, 0.25) is 10.0 Å². The zero-order chi connectivity index (χ0) is 15.5. The van der Waals surface area contributed by atoms with E-state index in [2.05, 4.69) is 10.0 Å². The van der Waals surface area contributed by atoms with Crippen LogP contribution in [0.2, 0.25) is 0 Å². The highest BCUT2D eigenvalue weighted by atomic mass is 35.5. The molecule has 122 valence electrons. The molecule has 0 spiro atoms. The molecule has 0 aliphatic rings. The maximum Gasteiger partial charge on any atom is 0.269 e. The third-order valence-electron chi connectivity index (χ3n) is 2.99. The Morgan fingerprint density at radius 1 is 1.43 bits per heavy atom. The Labute approximate surface area is 132 Å². The van der Waals surface area contributed by atoms with Gasteiger partial charge in [0.05, 0.1) is 0 Å². The van der Waals surface area contributed by atoms with E-state index >= 15 is 0 Å². The Kier molecular flexibility index (Phi) is 7.38. The second-order valence-corrected chi connectivity index (χ2v) is 6.68. The summed E-state index contributed by atoms with van der Waals surface area (Å²) >= 11 is 0. The second kappa shape index (κ2) is 7.79. The van der Waals surface area contributed by atoms with Crippen LogP contribution in [-0.2, 0) is 17.1 Å². The molecule has 21 heavy (non-hydrogen) atoms. The number of hydrogen-bond acceptors (Lipinski definition) is 4. The quantitative estimate of drug-likeness (QED) is 0.767. The van der Waals surface area contributed by atoms with Crippen molar-refractivity contribution in [3.63, 3.8) is 0 Å². The van der Waals surface area contributed by atoms with Crippen molar-refractivity contribution < 1.29 is 13.2 Å². The van der Waals surface area contributed by atoms with Crippen LogP contribution in [0.4, 0.5) is 0 Å². The molecule has 0 saturated carbocycles. The summed E-state index contributed by atoms with van der Waals surface area (Å²) in [6.07, 6.45) is 1.43. The number of carbonyl (C=O) groups excluding carboxylic acids is 1. The van der Waals surface area contributed by atoms with E-state index in [1.54, 1.807) is 28.2 Å². The molecule has 0 aromatic carbocycles. The predicted octanol–water partition coefficient (Wildman–Crippen LogP) is 0.0349. The van der Waals surface area contributed by atoms with Gasteiger partial charge in [0.15, 0.2) is 0 Å². The van der Waals surface area contributed by atoms with Gasteiger partial charge in [0, 0.05) is 39.9 Å². The zero-order valence-electron chi connectivity index (χ0n) is 12.9. The number of aromatic nitrogens is 1. The van der Waals surface area contributed by atoms with Gasteiger partial charge in [0.1, 0.15) is 10.6 Å². The van der Waals surface area contributed by atoms with Crippen LogP contribution in [0.25, 0.3) is 0 Å². The average molecular weight is 339 g/mol. The van der Waals surface area contributed by atoms with E-state index in [1.165, 1.54) is 21.7 Å². The van der Waals surface area contributed by atoms with E-state index in [4.69, 9.17) is 0 Å². The van der Waals surface area contributed by atoms with Crippen molar-refractivity contribution in [2.45, 2.75) is 17.9 Å². The van der Waals surface area contributed by atoms with Crippen LogP contribution in [0.5, 0.6) is 0 Å². The molecule has 0 bridgehead atoms. The van der Waals surface area contributed by atoms with Crippen LogP contribution >= 0.6 is 12.4 Å². The normalized spacial score (nSPS) is 12.6. The molecule has 9 heteroatoms. The fraction of sp³-hybridized carbons (Fsp3) is 0.583. The number of aryl methyl sites for hydroxylation is 1. The van der Waals surface area contributed by atoms with Crippen molar-refractivity contribution in [1.82, 2.24) is 19.5 Å². The van der Waals surface area contributed by atoms with Crippen molar-refractivity contribution in [1.29, 1.82) is 0 Å². The van der Waals surface area contributed by atoms with E-state index in [0.717, 1.165) is 0 Å². The van der Waals surface area contributed by atoms with Crippen LogP contribution < -0.4 is 10.0 Å². The smallest absolute Gasteiger partial charge is 0.269 e. The summed E-state index contributed by atoms with van der Waals surface area (Å²) in [5.74, 6) is -0.238. The maximum absolute atomic E-state index is 12.1. The highest BCUT2D eigenvalue weighted by Gasteiger charge is 2.21. The molecule has 1 aromatic rings. The highest BCUT2D eigenvalue weighted by molar-refractivity contribution is 7.89. The lowest BCUT2D eigenvalue weighted by Crippen LogP contribution is -2.37. The second-order valence-electron chi connectivity index (χ2n) is 4.91. The Hall–Kier alpha value is -1.09. The monoisotopic (exact) mass is 338 g/mol. The number of halogens is 1. The molecule has 0 radical (unpaired) electrons. The van der Waals surface area contributed by atoms with Crippen molar-refractivity contribution in [3.8, 4) is 0 Å². The fourth-order valence-electron chi connectivity index (χ4n) is 1.54. The van der Waals surface area contributed by atoms with Gasteiger partial charge in [-0.15, -0.1) is 12.4 Å². The third-order valence-corrected chi connectivity index (χ3v) is 4.38. The number of sulfonamides is 1. The van der Waals surface area contributed by atoms with Gasteiger partial charge in [-0.3, -0.25) is 4.79 Å². The van der Waals surface area contributed by atoms with E-state index in [1.807, 2.05) is 6.92 Å². The highest BCUT2D eigenvalue weighted by Crippen LogP contribution is 2.14. The SMILES string of the molecule is CNC(C)CNS(=O)(=O)c1cc(C(=O)N(C)C)n(C)c1.Cl. The fourth-order valence-corrected chi connectivity index (χ4v) is 2.74. The first kappa shape index (κ1) is 19.9. The third kappa shape index (κ3) is 4.99. The number of rotatable bonds is 6. The molecule has 0 saturated heterocycles. The lowest BCUT2D eigenvalue weighted by atomic mass is 10.4. The minimum atomic E-state index is -3.61. The summed E-state index contributed by atoms with van der Waals surface area (Å²) in [6, 6.07) is 1.41. The molecular weight excluding hydrogens is 316 g/mol. The standard InChI is InChI=1S/C12H22N4O3S.ClH/c1-9(13-2)7-14-20(18,19)10-6-11(16(5)8-10)12(17)15(3)4;/h6,8-9,13-14H,7H2,1-5H3;1H. The van der Waals surface area contributed by atoms with Crippen molar-refractivity contribution in [2.24, 2.45) is 7.05 Å². The molecule has 0 fully saturated rings. The van der Waals surface area contributed by atoms with Gasteiger partial charge in [-0.1, -0.05) is 0 Å². The van der Waals surface area contributed by atoms with Gasteiger partial charge in [-0.05, 0) is 20.0 Å². The van der Waals surface area contributed by atoms with Crippen molar-refractivity contribution in [3.05, 3.63) is 18.0 Å². The van der Waals surface area contributed by atoms with Gasteiger partial charge in [-0.2, -0.15) is 0 Å². The molecule has 2 N–H and O–H groups in total.